The number of rotatable bonds is 2. The average molecular weight is 335 g/mol. The third-order valence-electron chi connectivity index (χ3n) is 3.27. The van der Waals surface area contributed by atoms with Crippen molar-refractivity contribution in [2.45, 2.75) is 12.5 Å². The van der Waals surface area contributed by atoms with Crippen molar-refractivity contribution in [1.29, 1.82) is 0 Å². The number of amides is 1. The van der Waals surface area contributed by atoms with Crippen LogP contribution in [-0.4, -0.2) is 11.9 Å². The topological polar surface area (TPSA) is 41.1 Å². The molecule has 1 aliphatic heterocycles. The molecule has 2 aromatic carbocycles. The first kappa shape index (κ1) is 13.1. The quantitative estimate of drug-likeness (QED) is 0.881. The predicted molar refractivity (Wildman–Crippen MR) is 80.3 cm³/mol. The number of para-hydroxylation sites is 1. The standard InChI is InChI=1S/C15H12BrFN2O/c16-11-6-5-10(17)8-13(11)19-15(20)14-7-9-3-1-2-4-12(9)18-14/h1-6,8,14,18H,7H2,(H,19,20)/t14-/m0/s1. The van der Waals surface area contributed by atoms with Crippen molar-refractivity contribution in [3.05, 3.63) is 58.3 Å². The third kappa shape index (κ3) is 2.54. The minimum Gasteiger partial charge on any atom is -0.373 e. The Morgan fingerprint density at radius 3 is 2.90 bits per heavy atom. The Bertz CT molecular complexity index is 650. The molecule has 0 aromatic heterocycles. The highest BCUT2D eigenvalue weighted by atomic mass is 79.9. The molecule has 1 aliphatic rings. The third-order valence-corrected chi connectivity index (χ3v) is 3.97. The molecule has 3 nitrogen and oxygen atoms in total. The van der Waals surface area contributed by atoms with E-state index < -0.39 is 0 Å². The van der Waals surface area contributed by atoms with Crippen LogP contribution >= 0.6 is 15.9 Å². The Kier molecular flexibility index (Phi) is 3.44. The van der Waals surface area contributed by atoms with E-state index in [0.717, 1.165) is 11.3 Å². The van der Waals surface area contributed by atoms with Crippen LogP contribution in [0, 0.1) is 5.82 Å². The molecular formula is C15H12BrFN2O. The van der Waals surface area contributed by atoms with Crippen molar-refractivity contribution in [2.75, 3.05) is 10.6 Å². The maximum atomic E-state index is 13.2. The molecule has 1 atom stereocenters. The van der Waals surface area contributed by atoms with Crippen LogP contribution in [0.25, 0.3) is 0 Å². The lowest BCUT2D eigenvalue weighted by Gasteiger charge is -2.13. The fourth-order valence-corrected chi connectivity index (χ4v) is 2.61. The Hall–Kier alpha value is -1.88. The molecule has 0 saturated heterocycles. The Balaban J connectivity index is 1.74. The van der Waals surface area contributed by atoms with Crippen LogP contribution in [-0.2, 0) is 11.2 Å². The highest BCUT2D eigenvalue weighted by molar-refractivity contribution is 9.10. The van der Waals surface area contributed by atoms with Crippen molar-refractivity contribution >= 4 is 33.2 Å². The van der Waals surface area contributed by atoms with Gasteiger partial charge in [-0.3, -0.25) is 4.79 Å². The number of carbonyl (C=O) groups excluding carboxylic acids is 1. The van der Waals surface area contributed by atoms with E-state index in [9.17, 15) is 9.18 Å². The molecule has 0 radical (unpaired) electrons. The molecule has 1 heterocycles. The first-order valence-corrected chi connectivity index (χ1v) is 7.03. The van der Waals surface area contributed by atoms with Gasteiger partial charge in [0.25, 0.3) is 0 Å². The van der Waals surface area contributed by atoms with Gasteiger partial charge >= 0.3 is 0 Å². The lowest BCUT2D eigenvalue weighted by molar-refractivity contribution is -0.116. The fourth-order valence-electron chi connectivity index (χ4n) is 2.27. The molecule has 0 saturated carbocycles. The Morgan fingerprint density at radius 1 is 1.30 bits per heavy atom. The second kappa shape index (κ2) is 5.25. The monoisotopic (exact) mass is 334 g/mol. The SMILES string of the molecule is O=C(Nc1cc(F)ccc1Br)[C@@H]1Cc2ccccc2N1. The molecule has 0 aliphatic carbocycles. The normalized spacial score (nSPS) is 16.4. The van der Waals surface area contributed by atoms with Crippen LogP contribution in [0.15, 0.2) is 46.9 Å². The average Bonchev–Trinajstić information content (AvgIpc) is 2.87. The zero-order chi connectivity index (χ0) is 14.1. The van der Waals surface area contributed by atoms with E-state index in [-0.39, 0.29) is 17.8 Å². The van der Waals surface area contributed by atoms with Crippen LogP contribution < -0.4 is 10.6 Å². The molecular weight excluding hydrogens is 323 g/mol. The van der Waals surface area contributed by atoms with Gasteiger partial charge in [0.05, 0.1) is 5.69 Å². The summed E-state index contributed by atoms with van der Waals surface area (Å²) in [5.74, 6) is -0.557. The first-order chi connectivity index (χ1) is 9.63. The zero-order valence-corrected chi connectivity index (χ0v) is 12.1. The van der Waals surface area contributed by atoms with Crippen LogP contribution in [0.5, 0.6) is 0 Å². The van der Waals surface area contributed by atoms with Gasteiger partial charge in [-0.25, -0.2) is 4.39 Å². The Labute approximate surface area is 124 Å². The summed E-state index contributed by atoms with van der Waals surface area (Å²) in [4.78, 5) is 12.2. The van der Waals surface area contributed by atoms with Crippen LogP contribution in [0.4, 0.5) is 15.8 Å². The zero-order valence-electron chi connectivity index (χ0n) is 10.5. The van der Waals surface area contributed by atoms with Crippen molar-refractivity contribution < 1.29 is 9.18 Å². The number of hydrogen-bond donors (Lipinski definition) is 2. The number of halogens is 2. The lowest BCUT2D eigenvalue weighted by atomic mass is 10.1. The Morgan fingerprint density at radius 2 is 2.10 bits per heavy atom. The van der Waals surface area contributed by atoms with Crippen molar-refractivity contribution in [2.24, 2.45) is 0 Å². The van der Waals surface area contributed by atoms with E-state index in [4.69, 9.17) is 0 Å². The van der Waals surface area contributed by atoms with Crippen LogP contribution in [0.2, 0.25) is 0 Å². The molecule has 2 aromatic rings. The molecule has 1 amide bonds. The maximum absolute atomic E-state index is 13.2. The van der Waals surface area contributed by atoms with Crippen molar-refractivity contribution in [3.63, 3.8) is 0 Å². The molecule has 20 heavy (non-hydrogen) atoms. The summed E-state index contributed by atoms with van der Waals surface area (Å²) >= 11 is 3.29. The van der Waals surface area contributed by atoms with E-state index in [1.165, 1.54) is 12.1 Å². The lowest BCUT2D eigenvalue weighted by Crippen LogP contribution is -2.32. The van der Waals surface area contributed by atoms with Crippen molar-refractivity contribution in [3.8, 4) is 0 Å². The molecule has 0 unspecified atom stereocenters. The number of fused-ring (bicyclic) bond motifs is 1. The summed E-state index contributed by atoms with van der Waals surface area (Å²) in [6, 6.07) is 11.7. The summed E-state index contributed by atoms with van der Waals surface area (Å²) < 4.78 is 13.9. The maximum Gasteiger partial charge on any atom is 0.247 e. The summed E-state index contributed by atoms with van der Waals surface area (Å²) in [5.41, 5.74) is 2.53. The van der Waals surface area contributed by atoms with Gasteiger partial charge in [0.15, 0.2) is 0 Å². The van der Waals surface area contributed by atoms with Crippen LogP contribution in [0.3, 0.4) is 0 Å². The minimum atomic E-state index is -0.383. The van der Waals surface area contributed by atoms with E-state index in [1.807, 2.05) is 24.3 Å². The molecule has 102 valence electrons. The summed E-state index contributed by atoms with van der Waals surface area (Å²) in [7, 11) is 0. The second-order valence-corrected chi connectivity index (χ2v) is 5.53. The molecule has 5 heteroatoms. The number of benzene rings is 2. The predicted octanol–water partition coefficient (Wildman–Crippen LogP) is 3.56. The van der Waals surface area contributed by atoms with E-state index in [1.54, 1.807) is 6.07 Å². The van der Waals surface area contributed by atoms with Gasteiger partial charge in [0.2, 0.25) is 5.91 Å². The van der Waals surface area contributed by atoms with Gasteiger partial charge in [-0.05, 0) is 45.8 Å². The molecule has 0 bridgehead atoms. The van der Waals surface area contributed by atoms with Gasteiger partial charge < -0.3 is 10.6 Å². The summed E-state index contributed by atoms with van der Waals surface area (Å²) in [6.45, 7) is 0. The number of nitrogens with one attached hydrogen (secondary N) is 2. The minimum absolute atomic E-state index is 0.174. The molecule has 0 spiro atoms. The second-order valence-electron chi connectivity index (χ2n) is 4.67. The van der Waals surface area contributed by atoms with E-state index in [0.29, 0.717) is 16.6 Å². The highest BCUT2D eigenvalue weighted by Gasteiger charge is 2.26. The largest absolute Gasteiger partial charge is 0.373 e. The van der Waals surface area contributed by atoms with E-state index >= 15 is 0 Å². The molecule has 0 fully saturated rings. The van der Waals surface area contributed by atoms with Gasteiger partial charge in [-0.15, -0.1) is 0 Å². The fraction of sp³-hybridized carbons (Fsp3) is 0.133. The van der Waals surface area contributed by atoms with Gasteiger partial charge in [0.1, 0.15) is 11.9 Å². The summed E-state index contributed by atoms with van der Waals surface area (Å²) in [5, 5.41) is 5.91. The van der Waals surface area contributed by atoms with Gasteiger partial charge in [-0.1, -0.05) is 18.2 Å². The van der Waals surface area contributed by atoms with Gasteiger partial charge in [-0.2, -0.15) is 0 Å². The number of carbonyl (C=O) groups is 1. The molecule has 2 N–H and O–H groups in total. The summed E-state index contributed by atoms with van der Waals surface area (Å²) in [6.07, 6.45) is 0.634. The number of hydrogen-bond acceptors (Lipinski definition) is 2. The number of anilines is 2. The van der Waals surface area contributed by atoms with Crippen LogP contribution in [0.1, 0.15) is 5.56 Å². The van der Waals surface area contributed by atoms with Gasteiger partial charge in [0, 0.05) is 16.6 Å². The highest BCUT2D eigenvalue weighted by Crippen LogP contribution is 2.27. The van der Waals surface area contributed by atoms with E-state index in [2.05, 4.69) is 26.6 Å². The smallest absolute Gasteiger partial charge is 0.247 e. The van der Waals surface area contributed by atoms with Crippen molar-refractivity contribution in [1.82, 2.24) is 0 Å². The molecule has 3 rings (SSSR count). The first-order valence-electron chi connectivity index (χ1n) is 6.24.